The van der Waals surface area contributed by atoms with Crippen LogP contribution in [0.3, 0.4) is 0 Å². The Hall–Kier alpha value is -3.25. The van der Waals surface area contributed by atoms with Crippen LogP contribution in [-0.4, -0.2) is 29.5 Å². The lowest BCUT2D eigenvalue weighted by atomic mass is 10.1. The van der Waals surface area contributed by atoms with Gasteiger partial charge < -0.3 is 15.4 Å². The number of fused-ring (bicyclic) bond motifs is 1. The second kappa shape index (κ2) is 7.78. The Kier molecular flexibility index (Phi) is 5.04. The Morgan fingerprint density at radius 1 is 1.11 bits per heavy atom. The number of rotatable bonds is 4. The highest BCUT2D eigenvalue weighted by Crippen LogP contribution is 2.25. The molecule has 3 aromatic rings. The van der Waals surface area contributed by atoms with Crippen LogP contribution >= 0.6 is 0 Å². The molecule has 2 amide bonds. The molecule has 2 N–H and O–H groups in total. The predicted molar refractivity (Wildman–Crippen MR) is 108 cm³/mol. The molecule has 28 heavy (non-hydrogen) atoms. The van der Waals surface area contributed by atoms with Gasteiger partial charge in [0, 0.05) is 29.4 Å². The first kappa shape index (κ1) is 18.1. The van der Waals surface area contributed by atoms with Crippen molar-refractivity contribution >= 4 is 34.1 Å². The maximum absolute atomic E-state index is 12.8. The zero-order valence-corrected chi connectivity index (χ0v) is 15.6. The van der Waals surface area contributed by atoms with Gasteiger partial charge in [0.15, 0.2) is 0 Å². The maximum Gasteiger partial charge on any atom is 0.255 e. The van der Waals surface area contributed by atoms with Gasteiger partial charge >= 0.3 is 0 Å². The van der Waals surface area contributed by atoms with Crippen LogP contribution in [0, 0.1) is 6.92 Å². The second-order valence-electron chi connectivity index (χ2n) is 6.86. The lowest BCUT2D eigenvalue weighted by molar-refractivity contribution is -0.124. The fraction of sp³-hybridized carbons (Fsp3) is 0.227. The number of hydrogen-bond acceptors (Lipinski definition) is 4. The van der Waals surface area contributed by atoms with E-state index in [1.807, 2.05) is 31.2 Å². The van der Waals surface area contributed by atoms with Gasteiger partial charge in [-0.05, 0) is 61.7 Å². The third-order valence-electron chi connectivity index (χ3n) is 4.83. The number of nitrogens with zero attached hydrogens (tertiary/aromatic N) is 1. The maximum atomic E-state index is 12.8. The normalized spacial score (nSPS) is 16.1. The monoisotopic (exact) mass is 375 g/mol. The third kappa shape index (κ3) is 3.73. The molecule has 0 saturated carbocycles. The summed E-state index contributed by atoms with van der Waals surface area (Å²) in [6, 6.07) is 14.5. The van der Waals surface area contributed by atoms with Crippen LogP contribution in [0.25, 0.3) is 10.9 Å². The van der Waals surface area contributed by atoms with E-state index in [-0.39, 0.29) is 11.8 Å². The topological polar surface area (TPSA) is 80.3 Å². The summed E-state index contributed by atoms with van der Waals surface area (Å²) < 4.78 is 5.40. The first-order valence-corrected chi connectivity index (χ1v) is 9.30. The van der Waals surface area contributed by atoms with Crippen LogP contribution in [-0.2, 0) is 9.53 Å². The van der Waals surface area contributed by atoms with Gasteiger partial charge in [0.05, 0.1) is 11.2 Å². The molecule has 1 aromatic heterocycles. The van der Waals surface area contributed by atoms with E-state index < -0.39 is 6.10 Å². The van der Waals surface area contributed by atoms with Crippen LogP contribution in [0.15, 0.2) is 54.7 Å². The van der Waals surface area contributed by atoms with Crippen molar-refractivity contribution in [2.45, 2.75) is 25.9 Å². The van der Waals surface area contributed by atoms with Crippen LogP contribution in [0.4, 0.5) is 11.4 Å². The second-order valence-corrected chi connectivity index (χ2v) is 6.86. The molecule has 1 aliphatic rings. The van der Waals surface area contributed by atoms with E-state index in [0.717, 1.165) is 29.3 Å². The summed E-state index contributed by atoms with van der Waals surface area (Å²) in [7, 11) is 0. The third-order valence-corrected chi connectivity index (χ3v) is 4.83. The Morgan fingerprint density at radius 2 is 2.00 bits per heavy atom. The van der Waals surface area contributed by atoms with E-state index in [1.165, 1.54) is 0 Å². The van der Waals surface area contributed by atoms with E-state index in [1.54, 1.807) is 30.5 Å². The van der Waals surface area contributed by atoms with Crippen molar-refractivity contribution in [3.8, 4) is 0 Å². The summed E-state index contributed by atoms with van der Waals surface area (Å²) in [5.41, 5.74) is 3.64. The molecule has 1 aliphatic heterocycles. The number of carbonyl (C=O) groups excluding carboxylic acids is 2. The van der Waals surface area contributed by atoms with Crippen molar-refractivity contribution in [3.63, 3.8) is 0 Å². The fourth-order valence-corrected chi connectivity index (χ4v) is 3.36. The largest absolute Gasteiger partial charge is 0.368 e. The predicted octanol–water partition coefficient (Wildman–Crippen LogP) is 3.91. The highest BCUT2D eigenvalue weighted by molar-refractivity contribution is 6.09. The number of ether oxygens (including phenoxy) is 1. The first-order valence-electron chi connectivity index (χ1n) is 9.30. The van der Waals surface area contributed by atoms with Gasteiger partial charge in [-0.3, -0.25) is 14.6 Å². The molecule has 6 nitrogen and oxygen atoms in total. The molecule has 4 rings (SSSR count). The quantitative estimate of drug-likeness (QED) is 0.724. The molecule has 0 aliphatic carbocycles. The van der Waals surface area contributed by atoms with Gasteiger partial charge in [0.2, 0.25) is 0 Å². The average molecular weight is 375 g/mol. The lowest BCUT2D eigenvalue weighted by Crippen LogP contribution is -2.27. The molecular weight excluding hydrogens is 354 g/mol. The molecule has 1 unspecified atom stereocenters. The number of carbonyl (C=O) groups is 2. The number of aromatic nitrogens is 1. The molecule has 142 valence electrons. The fourth-order valence-electron chi connectivity index (χ4n) is 3.36. The Balaban J connectivity index is 1.53. The Bertz CT molecular complexity index is 1040. The van der Waals surface area contributed by atoms with Crippen molar-refractivity contribution in [2.75, 3.05) is 17.2 Å². The minimum absolute atomic E-state index is 0.175. The first-order chi connectivity index (χ1) is 13.6. The summed E-state index contributed by atoms with van der Waals surface area (Å²) >= 11 is 0. The summed E-state index contributed by atoms with van der Waals surface area (Å²) in [5.74, 6) is -0.423. The van der Waals surface area contributed by atoms with Crippen LogP contribution in [0.1, 0.15) is 28.8 Å². The molecule has 2 heterocycles. The number of anilines is 2. The average Bonchev–Trinajstić information content (AvgIpc) is 3.25. The van der Waals surface area contributed by atoms with E-state index in [4.69, 9.17) is 4.74 Å². The molecule has 1 atom stereocenters. The van der Waals surface area contributed by atoms with Crippen LogP contribution in [0.2, 0.25) is 0 Å². The number of pyridine rings is 1. The molecule has 6 heteroatoms. The van der Waals surface area contributed by atoms with Crippen molar-refractivity contribution in [3.05, 3.63) is 65.9 Å². The SMILES string of the molecule is Cc1ccc(NC(=O)c2cccc(NC(=O)C3CCCO3)c2)c2cccnc12. The number of amides is 2. The zero-order valence-electron chi connectivity index (χ0n) is 15.6. The summed E-state index contributed by atoms with van der Waals surface area (Å²) in [6.07, 6.45) is 2.94. The molecule has 1 saturated heterocycles. The highest BCUT2D eigenvalue weighted by atomic mass is 16.5. The van der Waals surface area contributed by atoms with E-state index >= 15 is 0 Å². The molecule has 1 fully saturated rings. The number of nitrogens with one attached hydrogen (secondary N) is 2. The molecule has 0 radical (unpaired) electrons. The smallest absolute Gasteiger partial charge is 0.255 e. The van der Waals surface area contributed by atoms with Crippen molar-refractivity contribution in [1.29, 1.82) is 0 Å². The van der Waals surface area contributed by atoms with Gasteiger partial charge in [-0.25, -0.2) is 0 Å². The molecule has 0 bridgehead atoms. The number of benzene rings is 2. The van der Waals surface area contributed by atoms with Gasteiger partial charge in [0.25, 0.3) is 11.8 Å². The number of hydrogen-bond donors (Lipinski definition) is 2. The number of aryl methyl sites for hydroxylation is 1. The lowest BCUT2D eigenvalue weighted by Gasteiger charge is -2.12. The standard InChI is InChI=1S/C22H21N3O3/c1-14-9-10-18(17-7-3-11-23-20(14)17)25-21(26)15-5-2-6-16(13-15)24-22(27)19-8-4-12-28-19/h2-3,5-7,9-11,13,19H,4,8,12H2,1H3,(H,24,27)(H,25,26). The molecular formula is C22H21N3O3. The Morgan fingerprint density at radius 3 is 2.82 bits per heavy atom. The van der Waals surface area contributed by atoms with Gasteiger partial charge in [-0.1, -0.05) is 12.1 Å². The van der Waals surface area contributed by atoms with E-state index in [0.29, 0.717) is 23.5 Å². The molecule has 0 spiro atoms. The van der Waals surface area contributed by atoms with Crippen molar-refractivity contribution < 1.29 is 14.3 Å². The summed E-state index contributed by atoms with van der Waals surface area (Å²) in [4.78, 5) is 29.4. The highest BCUT2D eigenvalue weighted by Gasteiger charge is 2.23. The molecule has 2 aromatic carbocycles. The summed E-state index contributed by atoms with van der Waals surface area (Å²) in [5, 5.41) is 6.66. The van der Waals surface area contributed by atoms with Gasteiger partial charge in [-0.2, -0.15) is 0 Å². The minimum atomic E-state index is -0.413. The summed E-state index contributed by atoms with van der Waals surface area (Å²) in [6.45, 7) is 2.60. The van der Waals surface area contributed by atoms with Gasteiger partial charge in [0.1, 0.15) is 6.10 Å². The van der Waals surface area contributed by atoms with Gasteiger partial charge in [-0.15, -0.1) is 0 Å². The van der Waals surface area contributed by atoms with Crippen LogP contribution < -0.4 is 10.6 Å². The van der Waals surface area contributed by atoms with Crippen molar-refractivity contribution in [1.82, 2.24) is 4.98 Å². The van der Waals surface area contributed by atoms with E-state index in [2.05, 4.69) is 15.6 Å². The Labute approximate surface area is 162 Å². The van der Waals surface area contributed by atoms with Crippen LogP contribution in [0.5, 0.6) is 0 Å². The minimum Gasteiger partial charge on any atom is -0.368 e. The zero-order chi connectivity index (χ0) is 19.5. The van der Waals surface area contributed by atoms with E-state index in [9.17, 15) is 9.59 Å². The van der Waals surface area contributed by atoms with Crippen molar-refractivity contribution in [2.24, 2.45) is 0 Å².